The molecular formula is C10H12ClN5. The third kappa shape index (κ3) is 1.99. The predicted molar refractivity (Wildman–Crippen MR) is 64.2 cm³/mol. The molecule has 0 bridgehead atoms. The molecule has 0 aliphatic rings. The lowest BCUT2D eigenvalue weighted by atomic mass is 10.3. The van der Waals surface area contributed by atoms with Gasteiger partial charge in [0.05, 0.1) is 6.33 Å². The van der Waals surface area contributed by atoms with E-state index >= 15 is 0 Å². The van der Waals surface area contributed by atoms with Gasteiger partial charge in [0, 0.05) is 6.54 Å². The fourth-order valence-electron chi connectivity index (χ4n) is 1.53. The molecule has 0 saturated carbocycles. The minimum atomic E-state index is 0.147. The minimum absolute atomic E-state index is 0.147. The number of nitrogens with zero attached hydrogens (tertiary/aromatic N) is 4. The molecule has 0 aromatic carbocycles. The number of halogens is 1. The van der Waals surface area contributed by atoms with Crippen LogP contribution in [0.1, 0.15) is 12.8 Å². The zero-order valence-corrected chi connectivity index (χ0v) is 9.48. The van der Waals surface area contributed by atoms with Crippen molar-refractivity contribution in [3.05, 3.63) is 24.1 Å². The van der Waals surface area contributed by atoms with E-state index in [1.54, 1.807) is 6.33 Å². The maximum Gasteiger partial charge on any atom is 0.223 e. The Bertz CT molecular complexity index is 519. The van der Waals surface area contributed by atoms with Crippen molar-refractivity contribution in [3.63, 3.8) is 0 Å². The number of aryl methyl sites for hydroxylation is 1. The summed E-state index contributed by atoms with van der Waals surface area (Å²) in [6.45, 7) is 4.49. The summed E-state index contributed by atoms with van der Waals surface area (Å²) in [5, 5.41) is 0.346. The topological polar surface area (TPSA) is 69.6 Å². The number of aromatic nitrogens is 4. The predicted octanol–water partition coefficient (Wildman–Crippen LogP) is 2.03. The van der Waals surface area contributed by atoms with E-state index in [0.717, 1.165) is 24.9 Å². The Morgan fingerprint density at radius 1 is 1.50 bits per heavy atom. The van der Waals surface area contributed by atoms with Crippen molar-refractivity contribution in [2.24, 2.45) is 0 Å². The molecule has 0 unspecified atom stereocenters. The van der Waals surface area contributed by atoms with E-state index in [2.05, 4.69) is 21.5 Å². The number of hydrogen-bond acceptors (Lipinski definition) is 4. The number of fused-ring (bicyclic) bond motifs is 1. The minimum Gasteiger partial charge on any atom is -0.368 e. The molecule has 2 aromatic heterocycles. The van der Waals surface area contributed by atoms with Crippen molar-refractivity contribution in [1.29, 1.82) is 0 Å². The summed E-state index contributed by atoms with van der Waals surface area (Å²) < 4.78 is 1.93. The van der Waals surface area contributed by atoms with Crippen molar-refractivity contribution in [2.75, 3.05) is 5.73 Å². The molecule has 0 amide bonds. The second-order valence-electron chi connectivity index (χ2n) is 3.41. The van der Waals surface area contributed by atoms with Crippen molar-refractivity contribution < 1.29 is 0 Å². The molecular weight excluding hydrogens is 226 g/mol. The van der Waals surface area contributed by atoms with Gasteiger partial charge in [-0.2, -0.15) is 9.97 Å². The lowest BCUT2D eigenvalue weighted by Crippen LogP contribution is -2.00. The quantitative estimate of drug-likeness (QED) is 0.502. The van der Waals surface area contributed by atoms with Gasteiger partial charge >= 0.3 is 0 Å². The van der Waals surface area contributed by atoms with Crippen molar-refractivity contribution in [1.82, 2.24) is 19.5 Å². The SMILES string of the molecule is C=CCCCn1cnc2nc(N)nc(Cl)c21. The molecule has 0 fully saturated rings. The van der Waals surface area contributed by atoms with E-state index in [0.29, 0.717) is 10.8 Å². The van der Waals surface area contributed by atoms with Crippen LogP contribution in [-0.4, -0.2) is 19.5 Å². The molecule has 2 rings (SSSR count). The number of hydrogen-bond donors (Lipinski definition) is 1. The third-order valence-corrected chi connectivity index (χ3v) is 2.52. The number of nitrogen functional groups attached to an aromatic ring is 1. The van der Waals surface area contributed by atoms with Gasteiger partial charge in [-0.05, 0) is 12.8 Å². The van der Waals surface area contributed by atoms with E-state index in [-0.39, 0.29) is 5.95 Å². The van der Waals surface area contributed by atoms with Gasteiger partial charge in [0.1, 0.15) is 5.52 Å². The Hall–Kier alpha value is -1.62. The first-order chi connectivity index (χ1) is 7.72. The third-order valence-electron chi connectivity index (χ3n) is 2.25. The lowest BCUT2D eigenvalue weighted by molar-refractivity contribution is 0.665. The molecule has 0 aliphatic heterocycles. The highest BCUT2D eigenvalue weighted by Crippen LogP contribution is 2.20. The summed E-state index contributed by atoms with van der Waals surface area (Å²) in [6, 6.07) is 0. The molecule has 0 atom stereocenters. The van der Waals surface area contributed by atoms with Crippen molar-refractivity contribution in [2.45, 2.75) is 19.4 Å². The van der Waals surface area contributed by atoms with Crippen molar-refractivity contribution in [3.8, 4) is 0 Å². The molecule has 0 saturated heterocycles. The largest absolute Gasteiger partial charge is 0.368 e. The molecule has 0 aliphatic carbocycles. The fraction of sp³-hybridized carbons (Fsp3) is 0.300. The molecule has 6 heteroatoms. The van der Waals surface area contributed by atoms with Crippen LogP contribution in [0.3, 0.4) is 0 Å². The smallest absolute Gasteiger partial charge is 0.223 e. The van der Waals surface area contributed by atoms with Gasteiger partial charge in [-0.1, -0.05) is 17.7 Å². The molecule has 0 radical (unpaired) electrons. The first kappa shape index (κ1) is 10.9. The Morgan fingerprint density at radius 2 is 2.31 bits per heavy atom. The molecule has 0 spiro atoms. The van der Waals surface area contributed by atoms with Crippen LogP contribution < -0.4 is 5.73 Å². The van der Waals surface area contributed by atoms with E-state index in [9.17, 15) is 0 Å². The lowest BCUT2D eigenvalue weighted by Gasteiger charge is -2.03. The van der Waals surface area contributed by atoms with Gasteiger partial charge < -0.3 is 10.3 Å². The monoisotopic (exact) mass is 237 g/mol. The first-order valence-electron chi connectivity index (χ1n) is 4.97. The summed E-state index contributed by atoms with van der Waals surface area (Å²) >= 11 is 6.01. The number of unbranched alkanes of at least 4 members (excludes halogenated alkanes) is 1. The Balaban J connectivity index is 2.36. The number of nitrogens with two attached hydrogens (primary N) is 1. The molecule has 2 heterocycles. The van der Waals surface area contributed by atoms with Crippen LogP contribution in [0.25, 0.3) is 11.2 Å². The molecule has 5 nitrogen and oxygen atoms in total. The van der Waals surface area contributed by atoms with Gasteiger partial charge in [-0.25, -0.2) is 4.98 Å². The molecule has 2 N–H and O–H groups in total. The highest BCUT2D eigenvalue weighted by atomic mass is 35.5. The molecule has 2 aromatic rings. The summed E-state index contributed by atoms with van der Waals surface area (Å²) in [5.41, 5.74) is 6.76. The van der Waals surface area contributed by atoms with Crippen LogP contribution in [-0.2, 0) is 6.54 Å². The van der Waals surface area contributed by atoms with E-state index < -0.39 is 0 Å². The standard InChI is InChI=1S/C10H12ClN5/c1-2-3-4-5-16-6-13-9-7(16)8(11)14-10(12)15-9/h2,6H,1,3-5H2,(H2,12,14,15). The highest BCUT2D eigenvalue weighted by Gasteiger charge is 2.10. The normalized spacial score (nSPS) is 10.8. The van der Waals surface area contributed by atoms with Crippen LogP contribution in [0.5, 0.6) is 0 Å². The number of imidazole rings is 1. The first-order valence-corrected chi connectivity index (χ1v) is 5.35. The second-order valence-corrected chi connectivity index (χ2v) is 3.77. The van der Waals surface area contributed by atoms with E-state index in [4.69, 9.17) is 17.3 Å². The van der Waals surface area contributed by atoms with Crippen LogP contribution in [0, 0.1) is 0 Å². The van der Waals surface area contributed by atoms with Crippen LogP contribution in [0.4, 0.5) is 5.95 Å². The summed E-state index contributed by atoms with van der Waals surface area (Å²) in [6.07, 6.45) is 5.52. The van der Waals surface area contributed by atoms with Gasteiger partial charge in [0.15, 0.2) is 10.8 Å². The summed E-state index contributed by atoms with van der Waals surface area (Å²) in [4.78, 5) is 12.1. The average molecular weight is 238 g/mol. The van der Waals surface area contributed by atoms with Crippen LogP contribution >= 0.6 is 11.6 Å². The summed E-state index contributed by atoms with van der Waals surface area (Å²) in [7, 11) is 0. The van der Waals surface area contributed by atoms with E-state index in [1.165, 1.54) is 0 Å². The maximum atomic E-state index is 6.01. The Kier molecular flexibility index (Phi) is 3.05. The Morgan fingerprint density at radius 3 is 3.06 bits per heavy atom. The van der Waals surface area contributed by atoms with Crippen LogP contribution in [0.2, 0.25) is 5.15 Å². The number of anilines is 1. The van der Waals surface area contributed by atoms with Crippen LogP contribution in [0.15, 0.2) is 19.0 Å². The van der Waals surface area contributed by atoms with Gasteiger partial charge in [0.2, 0.25) is 5.95 Å². The Labute approximate surface area is 98.0 Å². The zero-order valence-electron chi connectivity index (χ0n) is 8.73. The fourth-order valence-corrected chi connectivity index (χ4v) is 1.81. The van der Waals surface area contributed by atoms with Gasteiger partial charge in [0.25, 0.3) is 0 Å². The summed E-state index contributed by atoms with van der Waals surface area (Å²) in [5.74, 6) is 0.147. The molecule has 16 heavy (non-hydrogen) atoms. The van der Waals surface area contributed by atoms with E-state index in [1.807, 2.05) is 10.6 Å². The highest BCUT2D eigenvalue weighted by molar-refractivity contribution is 6.33. The molecule has 84 valence electrons. The average Bonchev–Trinajstić information content (AvgIpc) is 2.62. The number of rotatable bonds is 4. The number of allylic oxidation sites excluding steroid dienone is 1. The van der Waals surface area contributed by atoms with Gasteiger partial charge in [-0.3, -0.25) is 0 Å². The van der Waals surface area contributed by atoms with Crippen molar-refractivity contribution >= 4 is 28.7 Å². The zero-order chi connectivity index (χ0) is 11.5. The van der Waals surface area contributed by atoms with Gasteiger partial charge in [-0.15, -0.1) is 6.58 Å². The second kappa shape index (κ2) is 4.49. The maximum absolute atomic E-state index is 6.01.